The van der Waals surface area contributed by atoms with Crippen LogP contribution in [-0.2, 0) is 0 Å². The van der Waals surface area contributed by atoms with Gasteiger partial charge in [-0.3, -0.25) is 5.41 Å². The molecule has 2 aromatic heterocycles. The standard InChI is InChI=1S/C16H17F3N6/c17-16(18,19)13(20)4-5-14-21-9-12(24-14)11-8-15(23-10-22-11)25-6-2-1-3-7-25/h4-5,8-10,20H,1-3,6-7H2,(H,21,24)/b5-4-,20-13?. The van der Waals surface area contributed by atoms with Gasteiger partial charge in [-0.05, 0) is 31.4 Å². The SMILES string of the molecule is N=C(/C=C\c1ncc(-c2cc(N3CCCCC3)ncn2)[nH]1)C(F)(F)F. The number of rotatable bonds is 4. The topological polar surface area (TPSA) is 81.6 Å². The summed E-state index contributed by atoms with van der Waals surface area (Å²) >= 11 is 0. The van der Waals surface area contributed by atoms with Gasteiger partial charge in [0.25, 0.3) is 0 Å². The maximum absolute atomic E-state index is 12.3. The Morgan fingerprint density at radius 3 is 2.64 bits per heavy atom. The Balaban J connectivity index is 1.76. The van der Waals surface area contributed by atoms with Crippen LogP contribution in [-0.4, -0.2) is 44.9 Å². The van der Waals surface area contributed by atoms with Crippen LogP contribution in [0.25, 0.3) is 17.5 Å². The molecule has 1 fully saturated rings. The third-order valence-corrected chi connectivity index (χ3v) is 3.92. The number of allylic oxidation sites excluding steroid dienone is 1. The Morgan fingerprint density at radius 1 is 1.16 bits per heavy atom. The zero-order chi connectivity index (χ0) is 17.9. The van der Waals surface area contributed by atoms with E-state index in [1.807, 2.05) is 6.07 Å². The molecule has 0 aromatic carbocycles. The van der Waals surface area contributed by atoms with Gasteiger partial charge in [-0.2, -0.15) is 13.2 Å². The minimum Gasteiger partial charge on any atom is -0.357 e. The number of imidazole rings is 1. The summed E-state index contributed by atoms with van der Waals surface area (Å²) in [6, 6.07) is 1.84. The summed E-state index contributed by atoms with van der Waals surface area (Å²) in [5.74, 6) is 1.05. The molecular weight excluding hydrogens is 333 g/mol. The molecule has 1 saturated heterocycles. The number of aromatic nitrogens is 4. The number of nitrogens with one attached hydrogen (secondary N) is 2. The first-order valence-electron chi connectivity index (χ1n) is 7.90. The minimum atomic E-state index is -4.66. The fraction of sp³-hybridized carbons (Fsp3) is 0.375. The first kappa shape index (κ1) is 17.1. The van der Waals surface area contributed by atoms with Gasteiger partial charge >= 0.3 is 6.18 Å². The summed E-state index contributed by atoms with van der Waals surface area (Å²) in [4.78, 5) is 17.6. The molecule has 1 aliphatic heterocycles. The van der Waals surface area contributed by atoms with Gasteiger partial charge in [0.05, 0.1) is 17.6 Å². The summed E-state index contributed by atoms with van der Waals surface area (Å²) < 4.78 is 36.9. The van der Waals surface area contributed by atoms with E-state index in [9.17, 15) is 13.2 Å². The van der Waals surface area contributed by atoms with Crippen molar-refractivity contribution in [1.82, 2.24) is 19.9 Å². The van der Waals surface area contributed by atoms with Crippen LogP contribution in [0, 0.1) is 5.41 Å². The summed E-state index contributed by atoms with van der Waals surface area (Å²) in [6.45, 7) is 1.90. The number of aromatic amines is 1. The lowest BCUT2D eigenvalue weighted by atomic mass is 10.1. The first-order chi connectivity index (χ1) is 11.9. The molecule has 2 aromatic rings. The van der Waals surface area contributed by atoms with Gasteiger partial charge in [-0.25, -0.2) is 15.0 Å². The van der Waals surface area contributed by atoms with Crippen LogP contribution in [0.5, 0.6) is 0 Å². The second-order valence-corrected chi connectivity index (χ2v) is 5.74. The van der Waals surface area contributed by atoms with Crippen LogP contribution in [0.15, 0.2) is 24.7 Å². The number of piperidine rings is 1. The summed E-state index contributed by atoms with van der Waals surface area (Å²) in [7, 11) is 0. The Kier molecular flexibility index (Phi) is 4.82. The van der Waals surface area contributed by atoms with Crippen molar-refractivity contribution in [2.75, 3.05) is 18.0 Å². The lowest BCUT2D eigenvalue weighted by molar-refractivity contribution is -0.0583. The van der Waals surface area contributed by atoms with Crippen molar-refractivity contribution in [2.45, 2.75) is 25.4 Å². The second-order valence-electron chi connectivity index (χ2n) is 5.74. The van der Waals surface area contributed by atoms with E-state index in [0.717, 1.165) is 37.8 Å². The van der Waals surface area contributed by atoms with E-state index in [4.69, 9.17) is 5.41 Å². The Hall–Kier alpha value is -2.71. The molecule has 0 spiro atoms. The number of nitrogens with zero attached hydrogens (tertiary/aromatic N) is 4. The van der Waals surface area contributed by atoms with E-state index in [1.54, 1.807) is 0 Å². The lowest BCUT2D eigenvalue weighted by Gasteiger charge is -2.27. The normalized spacial score (nSPS) is 15.7. The van der Waals surface area contributed by atoms with Gasteiger partial charge in [-0.15, -0.1) is 0 Å². The molecular formula is C16H17F3N6. The number of anilines is 1. The molecule has 2 N–H and O–H groups in total. The van der Waals surface area contributed by atoms with E-state index in [0.29, 0.717) is 17.5 Å². The van der Waals surface area contributed by atoms with Crippen LogP contribution in [0.2, 0.25) is 0 Å². The Morgan fingerprint density at radius 2 is 1.92 bits per heavy atom. The zero-order valence-corrected chi connectivity index (χ0v) is 13.3. The highest BCUT2D eigenvalue weighted by Gasteiger charge is 2.32. The van der Waals surface area contributed by atoms with Crippen molar-refractivity contribution in [2.24, 2.45) is 0 Å². The fourth-order valence-corrected chi connectivity index (χ4v) is 2.60. The lowest BCUT2D eigenvalue weighted by Crippen LogP contribution is -2.30. The molecule has 0 saturated carbocycles. The van der Waals surface area contributed by atoms with E-state index in [2.05, 4.69) is 24.8 Å². The van der Waals surface area contributed by atoms with Crippen molar-refractivity contribution >= 4 is 17.6 Å². The van der Waals surface area contributed by atoms with E-state index < -0.39 is 11.9 Å². The largest absolute Gasteiger partial charge is 0.432 e. The van der Waals surface area contributed by atoms with Crippen LogP contribution in [0.4, 0.5) is 19.0 Å². The monoisotopic (exact) mass is 350 g/mol. The molecule has 0 radical (unpaired) electrons. The predicted octanol–water partition coefficient (Wildman–Crippen LogP) is 3.45. The van der Waals surface area contributed by atoms with Gasteiger partial charge in [0.2, 0.25) is 0 Å². The number of hydrogen-bond donors (Lipinski definition) is 2. The molecule has 0 atom stereocenters. The van der Waals surface area contributed by atoms with Crippen LogP contribution < -0.4 is 4.90 Å². The molecule has 0 bridgehead atoms. The van der Waals surface area contributed by atoms with E-state index in [1.165, 1.54) is 18.9 Å². The molecule has 6 nitrogen and oxygen atoms in total. The quantitative estimate of drug-likeness (QED) is 0.828. The highest BCUT2D eigenvalue weighted by Crippen LogP contribution is 2.22. The maximum atomic E-state index is 12.3. The number of hydrogen-bond acceptors (Lipinski definition) is 5. The number of halogens is 3. The average molecular weight is 350 g/mol. The minimum absolute atomic E-state index is 0.224. The van der Waals surface area contributed by atoms with Gasteiger partial charge in [0.15, 0.2) is 0 Å². The Labute approximate surface area is 142 Å². The predicted molar refractivity (Wildman–Crippen MR) is 88.5 cm³/mol. The number of H-pyrrole nitrogens is 1. The van der Waals surface area contributed by atoms with Crippen molar-refractivity contribution in [3.8, 4) is 11.4 Å². The Bertz CT molecular complexity index is 774. The highest BCUT2D eigenvalue weighted by atomic mass is 19.4. The smallest absolute Gasteiger partial charge is 0.357 e. The molecule has 1 aliphatic rings. The van der Waals surface area contributed by atoms with Crippen LogP contribution in [0.3, 0.4) is 0 Å². The average Bonchev–Trinajstić information content (AvgIpc) is 3.09. The summed E-state index contributed by atoms with van der Waals surface area (Å²) in [6.07, 6.45) is 3.56. The first-order valence-corrected chi connectivity index (χ1v) is 7.90. The second kappa shape index (κ2) is 7.04. The van der Waals surface area contributed by atoms with Crippen molar-refractivity contribution in [3.63, 3.8) is 0 Å². The van der Waals surface area contributed by atoms with Crippen molar-refractivity contribution in [3.05, 3.63) is 30.5 Å². The van der Waals surface area contributed by atoms with Crippen molar-refractivity contribution < 1.29 is 13.2 Å². The van der Waals surface area contributed by atoms with Gasteiger partial charge in [0, 0.05) is 19.2 Å². The summed E-state index contributed by atoms with van der Waals surface area (Å²) in [5, 5.41) is 6.92. The van der Waals surface area contributed by atoms with E-state index in [-0.39, 0.29) is 5.82 Å². The molecule has 25 heavy (non-hydrogen) atoms. The number of alkyl halides is 3. The van der Waals surface area contributed by atoms with Crippen molar-refractivity contribution in [1.29, 1.82) is 5.41 Å². The molecule has 0 unspecified atom stereocenters. The molecule has 0 amide bonds. The van der Waals surface area contributed by atoms with Crippen LogP contribution in [0.1, 0.15) is 25.1 Å². The molecule has 3 heterocycles. The third-order valence-electron chi connectivity index (χ3n) is 3.92. The molecule has 9 heteroatoms. The molecule has 0 aliphatic carbocycles. The van der Waals surface area contributed by atoms with Crippen LogP contribution >= 0.6 is 0 Å². The summed E-state index contributed by atoms with van der Waals surface area (Å²) in [5.41, 5.74) is -0.229. The highest BCUT2D eigenvalue weighted by molar-refractivity contribution is 5.99. The van der Waals surface area contributed by atoms with Gasteiger partial charge < -0.3 is 9.88 Å². The molecule has 132 valence electrons. The zero-order valence-electron chi connectivity index (χ0n) is 13.3. The molecule has 3 rings (SSSR count). The van der Waals surface area contributed by atoms with E-state index >= 15 is 0 Å². The fourth-order valence-electron chi connectivity index (χ4n) is 2.60. The van der Waals surface area contributed by atoms with Gasteiger partial charge in [0.1, 0.15) is 23.7 Å². The maximum Gasteiger partial charge on any atom is 0.432 e. The van der Waals surface area contributed by atoms with Gasteiger partial charge in [-0.1, -0.05) is 0 Å². The third kappa shape index (κ3) is 4.23.